The molecule has 0 aliphatic rings. The minimum atomic E-state index is -0.00768. The van der Waals surface area contributed by atoms with E-state index in [1.54, 1.807) is 0 Å². The van der Waals surface area contributed by atoms with E-state index in [2.05, 4.69) is 36.6 Å². The van der Waals surface area contributed by atoms with Gasteiger partial charge in [0.05, 0.1) is 6.04 Å². The molecule has 0 radical (unpaired) electrons. The number of nitrogens with one attached hydrogen (secondary N) is 1. The zero-order valence-electron chi connectivity index (χ0n) is 11.2. The van der Waals surface area contributed by atoms with Gasteiger partial charge in [-0.25, -0.2) is 5.43 Å². The lowest BCUT2D eigenvalue weighted by atomic mass is 10.0. The van der Waals surface area contributed by atoms with E-state index in [0.717, 1.165) is 17.7 Å². The molecule has 2 aromatic rings. The van der Waals surface area contributed by atoms with Gasteiger partial charge in [0.1, 0.15) is 12.4 Å². The maximum Gasteiger partial charge on any atom is 0.119 e. The van der Waals surface area contributed by atoms with Crippen molar-refractivity contribution in [2.75, 3.05) is 6.61 Å². The number of hydrogen-bond donors (Lipinski definition) is 2. The van der Waals surface area contributed by atoms with Crippen molar-refractivity contribution in [2.45, 2.75) is 19.4 Å². The van der Waals surface area contributed by atoms with Gasteiger partial charge >= 0.3 is 0 Å². The molecule has 1 atom stereocenters. The second-order valence-electron chi connectivity index (χ2n) is 4.44. The molecule has 0 aliphatic heterocycles. The van der Waals surface area contributed by atoms with Gasteiger partial charge in [-0.05, 0) is 29.7 Å². The maximum absolute atomic E-state index is 5.74. The fraction of sp³-hybridized carbons (Fsp3) is 0.250. The molecular formula is C16H20N2O. The van der Waals surface area contributed by atoms with Gasteiger partial charge in [-0.3, -0.25) is 5.84 Å². The van der Waals surface area contributed by atoms with Gasteiger partial charge in [0.15, 0.2) is 0 Å². The van der Waals surface area contributed by atoms with Crippen LogP contribution in [0.25, 0.3) is 0 Å². The van der Waals surface area contributed by atoms with Crippen molar-refractivity contribution in [2.24, 2.45) is 5.84 Å². The number of nitrogens with two attached hydrogens (primary N) is 1. The molecule has 0 saturated heterocycles. The van der Waals surface area contributed by atoms with Gasteiger partial charge in [0.2, 0.25) is 0 Å². The third-order valence-electron chi connectivity index (χ3n) is 3.12. The first-order valence-electron chi connectivity index (χ1n) is 6.56. The highest BCUT2D eigenvalue weighted by molar-refractivity contribution is 5.27. The summed E-state index contributed by atoms with van der Waals surface area (Å²) in [6.07, 6.45) is 1.02. The molecule has 0 aromatic heterocycles. The average molecular weight is 256 g/mol. The normalized spacial score (nSPS) is 12.1. The molecule has 3 N–H and O–H groups in total. The smallest absolute Gasteiger partial charge is 0.119 e. The van der Waals surface area contributed by atoms with Gasteiger partial charge in [-0.1, -0.05) is 49.4 Å². The summed E-state index contributed by atoms with van der Waals surface area (Å²) >= 11 is 0. The van der Waals surface area contributed by atoms with Crippen LogP contribution in [-0.2, 0) is 6.42 Å². The molecule has 0 bridgehead atoms. The molecule has 0 heterocycles. The minimum Gasteiger partial charge on any atom is -0.492 e. The van der Waals surface area contributed by atoms with Gasteiger partial charge < -0.3 is 4.74 Å². The molecular weight excluding hydrogens is 236 g/mol. The fourth-order valence-corrected chi connectivity index (χ4v) is 1.97. The summed E-state index contributed by atoms with van der Waals surface area (Å²) in [6.45, 7) is 2.65. The molecule has 0 aliphatic carbocycles. The summed E-state index contributed by atoms with van der Waals surface area (Å²) in [7, 11) is 0. The van der Waals surface area contributed by atoms with Crippen LogP contribution in [0, 0.1) is 0 Å². The van der Waals surface area contributed by atoms with Crippen LogP contribution in [0.5, 0.6) is 5.75 Å². The third kappa shape index (κ3) is 3.81. The summed E-state index contributed by atoms with van der Waals surface area (Å²) in [5, 5.41) is 0. The van der Waals surface area contributed by atoms with E-state index < -0.39 is 0 Å². The van der Waals surface area contributed by atoms with E-state index in [0.29, 0.717) is 6.61 Å². The Morgan fingerprint density at radius 2 is 1.89 bits per heavy atom. The second-order valence-corrected chi connectivity index (χ2v) is 4.44. The predicted molar refractivity (Wildman–Crippen MR) is 77.8 cm³/mol. The lowest BCUT2D eigenvalue weighted by molar-refractivity contribution is 0.267. The monoisotopic (exact) mass is 256 g/mol. The van der Waals surface area contributed by atoms with Crippen molar-refractivity contribution < 1.29 is 4.74 Å². The van der Waals surface area contributed by atoms with Crippen LogP contribution in [0.1, 0.15) is 24.1 Å². The molecule has 1 unspecified atom stereocenters. The maximum atomic E-state index is 5.74. The Balaban J connectivity index is 2.03. The Labute approximate surface area is 114 Å². The number of hydrogen-bond acceptors (Lipinski definition) is 3. The molecule has 3 heteroatoms. The SMILES string of the molecule is CCc1cccc(C(COc2ccccc2)NN)c1. The molecule has 100 valence electrons. The van der Waals surface area contributed by atoms with Crippen LogP contribution in [-0.4, -0.2) is 6.61 Å². The van der Waals surface area contributed by atoms with Crippen molar-refractivity contribution in [3.63, 3.8) is 0 Å². The predicted octanol–water partition coefficient (Wildman–Crippen LogP) is 2.83. The first kappa shape index (κ1) is 13.6. The molecule has 0 amide bonds. The number of ether oxygens (including phenoxy) is 1. The Hall–Kier alpha value is -1.84. The van der Waals surface area contributed by atoms with Crippen LogP contribution in [0.4, 0.5) is 0 Å². The Morgan fingerprint density at radius 3 is 2.58 bits per heavy atom. The summed E-state index contributed by atoms with van der Waals surface area (Å²) in [5.41, 5.74) is 5.27. The van der Waals surface area contributed by atoms with Crippen LogP contribution >= 0.6 is 0 Å². The zero-order valence-corrected chi connectivity index (χ0v) is 11.2. The van der Waals surface area contributed by atoms with Crippen molar-refractivity contribution in [1.29, 1.82) is 0 Å². The summed E-state index contributed by atoms with van der Waals surface area (Å²) in [4.78, 5) is 0. The summed E-state index contributed by atoms with van der Waals surface area (Å²) < 4.78 is 5.74. The number of rotatable bonds is 6. The van der Waals surface area contributed by atoms with E-state index in [9.17, 15) is 0 Å². The van der Waals surface area contributed by atoms with E-state index in [4.69, 9.17) is 10.6 Å². The minimum absolute atomic E-state index is 0.00768. The highest BCUT2D eigenvalue weighted by atomic mass is 16.5. The molecule has 0 spiro atoms. The molecule has 3 nitrogen and oxygen atoms in total. The Kier molecular flexibility index (Phi) is 4.95. The standard InChI is InChI=1S/C16H20N2O/c1-2-13-7-6-8-14(11-13)16(18-17)12-19-15-9-4-3-5-10-15/h3-11,16,18H,2,12,17H2,1H3. The lowest BCUT2D eigenvalue weighted by Gasteiger charge is -2.18. The van der Waals surface area contributed by atoms with Crippen molar-refractivity contribution in [3.05, 3.63) is 65.7 Å². The van der Waals surface area contributed by atoms with Gasteiger partial charge in [-0.15, -0.1) is 0 Å². The van der Waals surface area contributed by atoms with Crippen molar-refractivity contribution >= 4 is 0 Å². The highest BCUT2D eigenvalue weighted by Crippen LogP contribution is 2.17. The summed E-state index contributed by atoms with van der Waals surface area (Å²) in [6, 6.07) is 18.2. The number of aryl methyl sites for hydroxylation is 1. The van der Waals surface area contributed by atoms with Crippen LogP contribution in [0.15, 0.2) is 54.6 Å². The lowest BCUT2D eigenvalue weighted by Crippen LogP contribution is -2.32. The number of benzene rings is 2. The molecule has 0 saturated carbocycles. The van der Waals surface area contributed by atoms with E-state index in [1.165, 1.54) is 5.56 Å². The first-order chi connectivity index (χ1) is 9.33. The fourth-order valence-electron chi connectivity index (χ4n) is 1.97. The molecule has 19 heavy (non-hydrogen) atoms. The van der Waals surface area contributed by atoms with Gasteiger partial charge in [0, 0.05) is 0 Å². The zero-order chi connectivity index (χ0) is 13.5. The molecule has 0 fully saturated rings. The Bertz CT molecular complexity index is 499. The first-order valence-corrected chi connectivity index (χ1v) is 6.56. The largest absolute Gasteiger partial charge is 0.492 e. The highest BCUT2D eigenvalue weighted by Gasteiger charge is 2.10. The average Bonchev–Trinajstić information content (AvgIpc) is 2.49. The number of hydrazine groups is 1. The summed E-state index contributed by atoms with van der Waals surface area (Å²) in [5.74, 6) is 6.49. The van der Waals surface area contributed by atoms with Crippen LogP contribution < -0.4 is 16.0 Å². The van der Waals surface area contributed by atoms with Crippen molar-refractivity contribution in [3.8, 4) is 5.75 Å². The third-order valence-corrected chi connectivity index (χ3v) is 3.12. The van der Waals surface area contributed by atoms with E-state index in [-0.39, 0.29) is 6.04 Å². The van der Waals surface area contributed by atoms with Crippen molar-refractivity contribution in [1.82, 2.24) is 5.43 Å². The topological polar surface area (TPSA) is 47.3 Å². The quantitative estimate of drug-likeness (QED) is 0.617. The molecule has 2 rings (SSSR count). The van der Waals surface area contributed by atoms with Crippen LogP contribution in [0.3, 0.4) is 0 Å². The second kappa shape index (κ2) is 6.92. The van der Waals surface area contributed by atoms with Crippen LogP contribution in [0.2, 0.25) is 0 Å². The molecule has 2 aromatic carbocycles. The van der Waals surface area contributed by atoms with E-state index in [1.807, 2.05) is 30.3 Å². The van der Waals surface area contributed by atoms with E-state index >= 15 is 0 Å². The van der Waals surface area contributed by atoms with Gasteiger partial charge in [0.25, 0.3) is 0 Å². The van der Waals surface area contributed by atoms with Gasteiger partial charge in [-0.2, -0.15) is 0 Å². The Morgan fingerprint density at radius 1 is 1.11 bits per heavy atom. The number of para-hydroxylation sites is 1.